The van der Waals surface area contributed by atoms with E-state index in [1.807, 2.05) is 0 Å². The zero-order valence-electron chi connectivity index (χ0n) is 11.6. The van der Waals surface area contributed by atoms with Gasteiger partial charge in [0, 0.05) is 12.8 Å². The monoisotopic (exact) mass is 297 g/mol. The summed E-state index contributed by atoms with van der Waals surface area (Å²) in [5, 5.41) is 2.44. The third kappa shape index (κ3) is 5.74. The molecule has 0 aliphatic rings. The van der Waals surface area contributed by atoms with Crippen LogP contribution in [0.2, 0.25) is 0 Å². The van der Waals surface area contributed by atoms with Crippen LogP contribution in [0.4, 0.5) is 10.1 Å². The Hall–Kier alpha value is -1.36. The molecule has 0 bridgehead atoms. The van der Waals surface area contributed by atoms with Gasteiger partial charge in [-0.2, -0.15) is 0 Å². The number of carbonyl (C=O) groups excluding carboxylic acids is 2. The molecule has 1 aromatic rings. The van der Waals surface area contributed by atoms with E-state index < -0.39 is 0 Å². The van der Waals surface area contributed by atoms with Crippen LogP contribution in [0.3, 0.4) is 0 Å². The summed E-state index contributed by atoms with van der Waals surface area (Å²) >= 11 is 3.70. The van der Waals surface area contributed by atoms with E-state index in [1.54, 1.807) is 25.1 Å². The van der Waals surface area contributed by atoms with Crippen LogP contribution in [0.15, 0.2) is 18.2 Å². The second kappa shape index (κ2) is 8.74. The fraction of sp³-hybridized carbons (Fsp3) is 0.467. The molecule has 1 rings (SSSR count). The fourth-order valence-electron chi connectivity index (χ4n) is 1.88. The second-order valence-electron chi connectivity index (χ2n) is 4.63. The van der Waals surface area contributed by atoms with E-state index in [0.29, 0.717) is 24.8 Å². The van der Waals surface area contributed by atoms with Crippen LogP contribution in [0.5, 0.6) is 0 Å². The molecule has 0 atom stereocenters. The highest BCUT2D eigenvalue weighted by molar-refractivity contribution is 7.96. The smallest absolute Gasteiger partial charge is 0.224 e. The highest BCUT2D eigenvalue weighted by Gasteiger charge is 2.09. The number of halogens is 1. The Kier molecular flexibility index (Phi) is 7.30. The van der Waals surface area contributed by atoms with Gasteiger partial charge in [-0.05, 0) is 30.9 Å². The third-order valence-electron chi connectivity index (χ3n) is 3.01. The Morgan fingerprint density at radius 3 is 2.65 bits per heavy atom. The normalized spacial score (nSPS) is 10.3. The Bertz CT molecular complexity index is 477. The minimum atomic E-state index is -0.362. The summed E-state index contributed by atoms with van der Waals surface area (Å²) in [5.41, 5.74) is 0.830. The number of carbonyl (C=O) groups is 2. The summed E-state index contributed by atoms with van der Waals surface area (Å²) in [6.07, 6.45) is 3.82. The first-order valence-corrected chi connectivity index (χ1v) is 7.28. The standard InChI is InChI=1S/C15H20FNO2S/c1-2-13(18)17-12-9-6-8-11(15(12)16)7-4-3-5-10-14(19)20/h6,8-9H,2-5,7,10H2,1H3,(H,17,18)(H,19,20). The van der Waals surface area contributed by atoms with Gasteiger partial charge in [0.2, 0.25) is 5.91 Å². The second-order valence-corrected chi connectivity index (χ2v) is 5.13. The van der Waals surface area contributed by atoms with E-state index in [-0.39, 0.29) is 22.5 Å². The molecule has 0 aliphatic heterocycles. The summed E-state index contributed by atoms with van der Waals surface area (Å²) in [6, 6.07) is 5.02. The molecule has 1 amide bonds. The van der Waals surface area contributed by atoms with Crippen LogP contribution >= 0.6 is 12.6 Å². The molecule has 0 spiro atoms. The SMILES string of the molecule is CCC(=O)Nc1cccc(CCCCCC(=O)S)c1F. The van der Waals surface area contributed by atoms with Crippen molar-refractivity contribution < 1.29 is 14.0 Å². The molecule has 110 valence electrons. The zero-order valence-corrected chi connectivity index (χ0v) is 12.5. The fourth-order valence-corrected chi connectivity index (χ4v) is 2.03. The summed E-state index contributed by atoms with van der Waals surface area (Å²) in [6.45, 7) is 1.72. The Morgan fingerprint density at radius 2 is 2.00 bits per heavy atom. The predicted molar refractivity (Wildman–Crippen MR) is 81.5 cm³/mol. The molecule has 0 aromatic heterocycles. The Morgan fingerprint density at radius 1 is 1.25 bits per heavy atom. The van der Waals surface area contributed by atoms with Crippen molar-refractivity contribution in [1.82, 2.24) is 0 Å². The van der Waals surface area contributed by atoms with Gasteiger partial charge in [-0.3, -0.25) is 9.59 Å². The van der Waals surface area contributed by atoms with Crippen LogP contribution < -0.4 is 5.32 Å². The van der Waals surface area contributed by atoms with Gasteiger partial charge >= 0.3 is 0 Å². The number of thiol groups is 1. The minimum Gasteiger partial charge on any atom is -0.324 e. The lowest BCUT2D eigenvalue weighted by Crippen LogP contribution is -2.11. The average molecular weight is 297 g/mol. The molecule has 0 aliphatic carbocycles. The number of amides is 1. The van der Waals surface area contributed by atoms with Crippen molar-refractivity contribution in [1.29, 1.82) is 0 Å². The van der Waals surface area contributed by atoms with E-state index in [1.165, 1.54) is 0 Å². The molecule has 0 radical (unpaired) electrons. The Balaban J connectivity index is 2.51. The quantitative estimate of drug-likeness (QED) is 0.567. The van der Waals surface area contributed by atoms with Crippen molar-refractivity contribution >= 4 is 29.3 Å². The van der Waals surface area contributed by atoms with Gasteiger partial charge in [0.25, 0.3) is 0 Å². The number of rotatable bonds is 8. The molecular weight excluding hydrogens is 277 g/mol. The molecule has 1 N–H and O–H groups in total. The van der Waals surface area contributed by atoms with Crippen molar-refractivity contribution in [2.24, 2.45) is 0 Å². The van der Waals surface area contributed by atoms with Gasteiger partial charge in [0.15, 0.2) is 5.12 Å². The first-order chi connectivity index (χ1) is 9.54. The maximum Gasteiger partial charge on any atom is 0.224 e. The number of unbranched alkanes of at least 4 members (excludes halogenated alkanes) is 2. The number of aryl methyl sites for hydroxylation is 1. The molecule has 0 saturated heterocycles. The van der Waals surface area contributed by atoms with Crippen molar-refractivity contribution in [3.8, 4) is 0 Å². The summed E-state index contributed by atoms with van der Waals surface area (Å²) in [7, 11) is 0. The number of anilines is 1. The Labute approximate surface area is 124 Å². The van der Waals surface area contributed by atoms with E-state index in [9.17, 15) is 14.0 Å². The number of nitrogens with one attached hydrogen (secondary N) is 1. The largest absolute Gasteiger partial charge is 0.324 e. The lowest BCUT2D eigenvalue weighted by Gasteiger charge is -2.09. The van der Waals surface area contributed by atoms with Gasteiger partial charge in [0.1, 0.15) is 5.82 Å². The van der Waals surface area contributed by atoms with E-state index in [2.05, 4.69) is 17.9 Å². The highest BCUT2D eigenvalue weighted by atomic mass is 32.1. The molecule has 0 heterocycles. The summed E-state index contributed by atoms with van der Waals surface area (Å²) in [4.78, 5) is 22.0. The van der Waals surface area contributed by atoms with Crippen LogP contribution in [-0.2, 0) is 16.0 Å². The molecule has 1 aromatic carbocycles. The van der Waals surface area contributed by atoms with Crippen molar-refractivity contribution in [2.75, 3.05) is 5.32 Å². The third-order valence-corrected chi connectivity index (χ3v) is 3.23. The zero-order chi connectivity index (χ0) is 15.0. The van der Waals surface area contributed by atoms with Gasteiger partial charge in [-0.25, -0.2) is 4.39 Å². The van der Waals surface area contributed by atoms with E-state index in [4.69, 9.17) is 0 Å². The lowest BCUT2D eigenvalue weighted by molar-refractivity contribution is -0.116. The van der Waals surface area contributed by atoms with Crippen LogP contribution in [0, 0.1) is 5.82 Å². The number of hydrogen-bond donors (Lipinski definition) is 2. The number of benzene rings is 1. The first kappa shape index (κ1) is 16.7. The van der Waals surface area contributed by atoms with Crippen molar-refractivity contribution in [3.05, 3.63) is 29.6 Å². The van der Waals surface area contributed by atoms with Gasteiger partial charge in [-0.1, -0.05) is 25.5 Å². The summed E-state index contributed by atoms with van der Waals surface area (Å²) < 4.78 is 14.1. The molecular formula is C15H20FNO2S. The molecule has 0 unspecified atom stereocenters. The average Bonchev–Trinajstić information content (AvgIpc) is 2.41. The molecule has 0 fully saturated rings. The van der Waals surface area contributed by atoms with Gasteiger partial charge < -0.3 is 5.32 Å². The maximum atomic E-state index is 14.1. The highest BCUT2D eigenvalue weighted by Crippen LogP contribution is 2.20. The van der Waals surface area contributed by atoms with Crippen molar-refractivity contribution in [3.63, 3.8) is 0 Å². The van der Waals surface area contributed by atoms with Crippen molar-refractivity contribution in [2.45, 2.75) is 45.4 Å². The van der Waals surface area contributed by atoms with Gasteiger partial charge in [0.05, 0.1) is 5.69 Å². The predicted octanol–water partition coefficient (Wildman–Crippen LogP) is 3.73. The molecule has 3 nitrogen and oxygen atoms in total. The lowest BCUT2D eigenvalue weighted by atomic mass is 10.0. The molecule has 5 heteroatoms. The van der Waals surface area contributed by atoms with Crippen LogP contribution in [-0.4, -0.2) is 11.0 Å². The first-order valence-electron chi connectivity index (χ1n) is 6.83. The maximum absolute atomic E-state index is 14.1. The van der Waals surface area contributed by atoms with Crippen LogP contribution in [0.25, 0.3) is 0 Å². The minimum absolute atomic E-state index is 0.111. The molecule has 0 saturated carbocycles. The van der Waals surface area contributed by atoms with E-state index in [0.717, 1.165) is 19.3 Å². The van der Waals surface area contributed by atoms with Crippen LogP contribution in [0.1, 0.15) is 44.6 Å². The van der Waals surface area contributed by atoms with E-state index >= 15 is 0 Å². The topological polar surface area (TPSA) is 46.2 Å². The van der Waals surface area contributed by atoms with Gasteiger partial charge in [-0.15, -0.1) is 12.6 Å². The summed E-state index contributed by atoms with van der Waals surface area (Å²) in [5.74, 6) is -0.562. The molecule has 20 heavy (non-hydrogen) atoms. The number of hydrogen-bond acceptors (Lipinski definition) is 2.